The van der Waals surface area contributed by atoms with Gasteiger partial charge in [-0.1, -0.05) is 37.7 Å². The van der Waals surface area contributed by atoms with Crippen molar-refractivity contribution >= 4 is 34.7 Å². The van der Waals surface area contributed by atoms with Crippen molar-refractivity contribution in [2.24, 2.45) is 17.3 Å². The van der Waals surface area contributed by atoms with Gasteiger partial charge in [-0.25, -0.2) is 9.78 Å². The maximum Gasteiger partial charge on any atom is 0.348 e. The van der Waals surface area contributed by atoms with Crippen LogP contribution < -0.4 is 9.64 Å². The number of thiophene rings is 1. The number of carboxylic acid groups (broad SMARTS) is 1. The Balaban J connectivity index is 1.28. The van der Waals surface area contributed by atoms with E-state index in [1.54, 1.807) is 6.20 Å². The van der Waals surface area contributed by atoms with E-state index in [4.69, 9.17) is 4.74 Å². The Morgan fingerprint density at radius 2 is 1.84 bits per heavy atom. The molecule has 0 bridgehead atoms. The van der Waals surface area contributed by atoms with Crippen LogP contribution in [0.2, 0.25) is 0 Å². The molecule has 2 aromatic heterocycles. The Morgan fingerprint density at radius 3 is 2.44 bits per heavy atom. The first-order chi connectivity index (χ1) is 21.4. The van der Waals surface area contributed by atoms with Crippen molar-refractivity contribution in [2.75, 3.05) is 18.0 Å². The van der Waals surface area contributed by atoms with Crippen LogP contribution in [0.25, 0.3) is 0 Å². The molecule has 45 heavy (non-hydrogen) atoms. The van der Waals surface area contributed by atoms with E-state index in [0.717, 1.165) is 69.9 Å². The number of aromatic carboxylic acids is 1. The van der Waals surface area contributed by atoms with Crippen molar-refractivity contribution in [1.82, 2.24) is 9.88 Å². The molecule has 1 amide bonds. The lowest BCUT2D eigenvalue weighted by atomic mass is 9.80. The van der Waals surface area contributed by atoms with Gasteiger partial charge in [-0.3, -0.25) is 9.59 Å². The predicted octanol–water partition coefficient (Wildman–Crippen LogP) is 6.95. The second-order valence-electron chi connectivity index (χ2n) is 14.2. The van der Waals surface area contributed by atoms with E-state index >= 15 is 0 Å². The number of pyridine rings is 1. The molecule has 0 radical (unpaired) electrons. The highest BCUT2D eigenvalue weighted by molar-refractivity contribution is 7.15. The lowest BCUT2D eigenvalue weighted by Crippen LogP contribution is -2.44. The van der Waals surface area contributed by atoms with Gasteiger partial charge >= 0.3 is 5.97 Å². The van der Waals surface area contributed by atoms with Gasteiger partial charge in [-0.2, -0.15) is 0 Å². The van der Waals surface area contributed by atoms with Crippen LogP contribution >= 0.6 is 11.3 Å². The number of ketones is 1. The highest BCUT2D eigenvalue weighted by Crippen LogP contribution is 2.37. The number of amides is 1. The first kappa shape index (κ1) is 33.0. The maximum atomic E-state index is 13.7. The van der Waals surface area contributed by atoms with Gasteiger partial charge in [0.25, 0.3) is 0 Å². The molecular formula is C36H47N3O5S. The summed E-state index contributed by atoms with van der Waals surface area (Å²) in [4.78, 5) is 47.5. The Kier molecular flexibility index (Phi) is 10.5. The van der Waals surface area contributed by atoms with Crippen LogP contribution in [-0.4, -0.2) is 57.9 Å². The van der Waals surface area contributed by atoms with Crippen LogP contribution in [0.5, 0.6) is 5.88 Å². The molecule has 1 saturated heterocycles. The summed E-state index contributed by atoms with van der Waals surface area (Å²) in [6, 6.07) is 5.76. The van der Waals surface area contributed by atoms with E-state index < -0.39 is 5.97 Å². The largest absolute Gasteiger partial charge is 0.477 e. The lowest BCUT2D eigenvalue weighted by molar-refractivity contribution is -0.128. The zero-order valence-corrected chi connectivity index (χ0v) is 28.0. The molecule has 3 aliphatic rings. The number of hydrogen-bond donors (Lipinski definition) is 1. The fourth-order valence-electron chi connectivity index (χ4n) is 6.66. The Hall–Kier alpha value is -3.38. The summed E-state index contributed by atoms with van der Waals surface area (Å²) in [5.41, 5.74) is 1.40. The van der Waals surface area contributed by atoms with E-state index in [0.29, 0.717) is 35.3 Å². The molecule has 0 atom stereocenters. The Morgan fingerprint density at radius 1 is 1.11 bits per heavy atom. The van der Waals surface area contributed by atoms with E-state index in [-0.39, 0.29) is 46.6 Å². The average molecular weight is 634 g/mol. The van der Waals surface area contributed by atoms with Gasteiger partial charge in [-0.15, -0.1) is 11.3 Å². The number of carboxylic acids is 1. The molecule has 5 rings (SSSR count). The third-order valence-electron chi connectivity index (χ3n) is 9.29. The first-order valence-corrected chi connectivity index (χ1v) is 17.4. The fraction of sp³-hybridized carbons (Fsp3) is 0.611. The number of hydrogen-bond acceptors (Lipinski definition) is 7. The Bertz CT molecular complexity index is 1420. The minimum absolute atomic E-state index is 0.00762. The van der Waals surface area contributed by atoms with Crippen LogP contribution in [-0.2, 0) is 16.1 Å². The monoisotopic (exact) mass is 633 g/mol. The summed E-state index contributed by atoms with van der Waals surface area (Å²) in [7, 11) is 0. The number of Topliss-reactive ketones (excluding diaryl/α,β-unsaturated/α-hetero) is 1. The number of aromatic nitrogens is 1. The first-order valence-electron chi connectivity index (χ1n) is 16.5. The van der Waals surface area contributed by atoms with Crippen molar-refractivity contribution in [3.8, 4) is 17.7 Å². The number of nitrogens with zero attached hydrogens (tertiary/aromatic N) is 3. The molecule has 9 heteroatoms. The topological polar surface area (TPSA) is 100 Å². The van der Waals surface area contributed by atoms with Crippen molar-refractivity contribution in [3.05, 3.63) is 39.7 Å². The quantitative estimate of drug-likeness (QED) is 0.283. The summed E-state index contributed by atoms with van der Waals surface area (Å²) in [5, 5.41) is 10.2. The van der Waals surface area contributed by atoms with Crippen LogP contribution in [0.4, 0.5) is 5.69 Å². The number of ether oxygens (including phenoxy) is 1. The van der Waals surface area contributed by atoms with Gasteiger partial charge in [0.2, 0.25) is 11.8 Å². The fourth-order valence-corrected chi connectivity index (χ4v) is 7.52. The molecule has 0 unspecified atom stereocenters. The number of carbonyl (C=O) groups is 3. The van der Waals surface area contributed by atoms with Crippen molar-refractivity contribution in [2.45, 2.75) is 111 Å². The van der Waals surface area contributed by atoms with E-state index in [9.17, 15) is 19.5 Å². The van der Waals surface area contributed by atoms with Gasteiger partial charge in [0.1, 0.15) is 11.0 Å². The average Bonchev–Trinajstić information content (AvgIpc) is 3.62. The normalized spacial score (nSPS) is 23.7. The van der Waals surface area contributed by atoms with E-state index in [1.165, 1.54) is 11.3 Å². The van der Waals surface area contributed by atoms with Crippen molar-refractivity contribution in [3.63, 3.8) is 0 Å². The van der Waals surface area contributed by atoms with Gasteiger partial charge in [0.05, 0.1) is 17.1 Å². The van der Waals surface area contributed by atoms with Crippen LogP contribution in [0.3, 0.4) is 0 Å². The molecule has 2 aromatic rings. The zero-order chi connectivity index (χ0) is 32.1. The SMILES string of the molecule is CC1CCC(C(=O)CN(c2cc(C#CC(C)(C)C)sc2C(=O)O)C2CCC(Oc3ccc(CN4CCCC4=O)cn3)CC2)CC1. The third kappa shape index (κ3) is 8.88. The molecule has 8 nitrogen and oxygen atoms in total. The van der Waals surface area contributed by atoms with E-state index in [2.05, 4.69) is 28.6 Å². The zero-order valence-electron chi connectivity index (χ0n) is 27.1. The molecule has 1 N–H and O–H groups in total. The number of anilines is 1. The number of rotatable bonds is 10. The van der Waals surface area contributed by atoms with Crippen molar-refractivity contribution < 1.29 is 24.2 Å². The molecule has 3 heterocycles. The van der Waals surface area contributed by atoms with Crippen LogP contribution in [0.1, 0.15) is 112 Å². The summed E-state index contributed by atoms with van der Waals surface area (Å²) in [6.07, 6.45) is 10.4. The summed E-state index contributed by atoms with van der Waals surface area (Å²) in [5.74, 6) is 7.10. The highest BCUT2D eigenvalue weighted by Gasteiger charge is 2.34. The second kappa shape index (κ2) is 14.4. The molecular weight excluding hydrogens is 586 g/mol. The lowest BCUT2D eigenvalue weighted by Gasteiger charge is -2.38. The molecule has 2 saturated carbocycles. The van der Waals surface area contributed by atoms with Gasteiger partial charge in [0.15, 0.2) is 5.78 Å². The number of carbonyl (C=O) groups excluding carboxylic acids is 2. The Labute approximate surface area is 271 Å². The van der Waals surface area contributed by atoms with Crippen LogP contribution in [0, 0.1) is 29.1 Å². The highest BCUT2D eigenvalue weighted by atomic mass is 32.1. The molecule has 3 fully saturated rings. The van der Waals surface area contributed by atoms with Crippen LogP contribution in [0.15, 0.2) is 24.4 Å². The molecule has 0 spiro atoms. The van der Waals surface area contributed by atoms with Gasteiger partial charge in [-0.05, 0) is 83.3 Å². The molecule has 1 aliphatic heterocycles. The predicted molar refractivity (Wildman–Crippen MR) is 177 cm³/mol. The third-order valence-corrected chi connectivity index (χ3v) is 10.3. The van der Waals surface area contributed by atoms with Gasteiger partial charge in [0, 0.05) is 49.1 Å². The summed E-state index contributed by atoms with van der Waals surface area (Å²) < 4.78 is 6.26. The number of likely N-dealkylation sites (tertiary alicyclic amines) is 1. The summed E-state index contributed by atoms with van der Waals surface area (Å²) in [6.45, 7) is 9.95. The standard InChI is InChI=1S/C36H47N3O5S/c1-24-7-10-26(11-8-24)31(40)23-39(30-20-29(17-18-36(2,3)4)45-34(30)35(42)43)27-12-14-28(15-13-27)44-32-16-9-25(21-37-32)22-38-19-5-6-33(38)41/h9,16,20-21,24,26-28H,5-8,10-15,19,22-23H2,1-4H3,(H,42,43). The molecule has 2 aliphatic carbocycles. The minimum atomic E-state index is -0.983. The van der Waals surface area contributed by atoms with Crippen molar-refractivity contribution in [1.29, 1.82) is 0 Å². The molecule has 242 valence electrons. The van der Waals surface area contributed by atoms with E-state index in [1.807, 2.05) is 43.9 Å². The minimum Gasteiger partial charge on any atom is -0.477 e. The second-order valence-corrected chi connectivity index (χ2v) is 15.2. The maximum absolute atomic E-state index is 13.7. The summed E-state index contributed by atoms with van der Waals surface area (Å²) >= 11 is 1.20. The van der Waals surface area contributed by atoms with Gasteiger partial charge < -0.3 is 19.6 Å². The molecule has 0 aromatic carbocycles. The smallest absolute Gasteiger partial charge is 0.348 e.